The number of nitrogens with zero attached hydrogens (tertiary/aromatic N) is 4. The van der Waals surface area contributed by atoms with Gasteiger partial charge in [0.25, 0.3) is 0 Å². The van der Waals surface area contributed by atoms with Gasteiger partial charge in [-0.2, -0.15) is 0 Å². The fourth-order valence-corrected chi connectivity index (χ4v) is 7.13. The number of carbonyl (C=O) groups excluding carboxylic acids is 1. The van der Waals surface area contributed by atoms with Crippen molar-refractivity contribution in [2.45, 2.75) is 36.0 Å². The number of thioether (sulfide) groups is 2. The number of benzene rings is 2. The van der Waals surface area contributed by atoms with Crippen LogP contribution in [0.5, 0.6) is 0 Å². The van der Waals surface area contributed by atoms with Crippen LogP contribution in [0.25, 0.3) is 26.6 Å². The summed E-state index contributed by atoms with van der Waals surface area (Å²) < 4.78 is 2.02. The van der Waals surface area contributed by atoms with E-state index in [9.17, 15) is 4.79 Å². The highest BCUT2D eigenvalue weighted by Crippen LogP contribution is 2.39. The molecule has 166 valence electrons. The van der Waals surface area contributed by atoms with Crippen molar-refractivity contribution in [3.63, 3.8) is 0 Å². The SMILES string of the molecule is CSc1nc2sc3c(c2c2nnc(SCC(=O)Nc4cccc5ccccc45)n12)CCCC3. The first-order valence-electron chi connectivity index (χ1n) is 10.9. The lowest BCUT2D eigenvalue weighted by atomic mass is 9.97. The van der Waals surface area contributed by atoms with Crippen LogP contribution in [0.1, 0.15) is 23.3 Å². The van der Waals surface area contributed by atoms with Crippen molar-refractivity contribution < 1.29 is 4.79 Å². The van der Waals surface area contributed by atoms with E-state index in [0.717, 1.165) is 50.3 Å². The molecule has 0 aliphatic heterocycles. The second-order valence-electron chi connectivity index (χ2n) is 7.99. The van der Waals surface area contributed by atoms with Gasteiger partial charge in [-0.25, -0.2) is 9.38 Å². The van der Waals surface area contributed by atoms with Crippen LogP contribution in [0.15, 0.2) is 52.8 Å². The average molecular weight is 492 g/mol. The fraction of sp³-hybridized carbons (Fsp3) is 0.250. The van der Waals surface area contributed by atoms with Crippen LogP contribution >= 0.6 is 34.9 Å². The van der Waals surface area contributed by atoms with Gasteiger partial charge < -0.3 is 5.32 Å². The predicted octanol–water partition coefficient (Wildman–Crippen LogP) is 5.82. The Morgan fingerprint density at radius 3 is 2.85 bits per heavy atom. The molecular formula is C24H21N5OS3. The molecule has 5 aromatic rings. The van der Waals surface area contributed by atoms with Crippen molar-refractivity contribution in [3.05, 3.63) is 52.9 Å². The second kappa shape index (κ2) is 8.62. The third-order valence-corrected chi connectivity index (χ3v) is 8.73. The van der Waals surface area contributed by atoms with E-state index >= 15 is 0 Å². The first-order valence-corrected chi connectivity index (χ1v) is 13.9. The van der Waals surface area contributed by atoms with Crippen LogP contribution in [0, 0.1) is 0 Å². The minimum absolute atomic E-state index is 0.0687. The molecule has 0 atom stereocenters. The Labute approximate surface area is 203 Å². The fourth-order valence-electron chi connectivity index (χ4n) is 4.48. The molecule has 3 heterocycles. The molecule has 3 aromatic heterocycles. The largest absolute Gasteiger partial charge is 0.325 e. The molecule has 0 radical (unpaired) electrons. The van der Waals surface area contributed by atoms with E-state index in [1.54, 1.807) is 23.1 Å². The molecule has 0 saturated heterocycles. The van der Waals surface area contributed by atoms with Crippen LogP contribution in [0.2, 0.25) is 0 Å². The molecule has 6 rings (SSSR count). The van der Waals surface area contributed by atoms with E-state index in [4.69, 9.17) is 4.98 Å². The molecule has 0 unspecified atom stereocenters. The summed E-state index contributed by atoms with van der Waals surface area (Å²) in [6.45, 7) is 0. The molecule has 1 N–H and O–H groups in total. The smallest absolute Gasteiger partial charge is 0.234 e. The van der Waals surface area contributed by atoms with Gasteiger partial charge in [-0.05, 0) is 49.0 Å². The first kappa shape index (κ1) is 20.9. The van der Waals surface area contributed by atoms with Gasteiger partial charge in [-0.3, -0.25) is 4.79 Å². The van der Waals surface area contributed by atoms with Gasteiger partial charge >= 0.3 is 0 Å². The quantitative estimate of drug-likeness (QED) is 0.247. The van der Waals surface area contributed by atoms with Crippen LogP contribution in [-0.4, -0.2) is 37.5 Å². The Balaban J connectivity index is 1.30. The van der Waals surface area contributed by atoms with Crippen molar-refractivity contribution in [3.8, 4) is 0 Å². The van der Waals surface area contributed by atoms with E-state index in [0.29, 0.717) is 5.16 Å². The topological polar surface area (TPSA) is 72.2 Å². The van der Waals surface area contributed by atoms with Crippen molar-refractivity contribution in [2.75, 3.05) is 17.3 Å². The zero-order valence-corrected chi connectivity index (χ0v) is 20.4. The predicted molar refractivity (Wildman–Crippen MR) is 138 cm³/mol. The maximum absolute atomic E-state index is 12.8. The summed E-state index contributed by atoms with van der Waals surface area (Å²) in [4.78, 5) is 20.2. The molecule has 33 heavy (non-hydrogen) atoms. The lowest BCUT2D eigenvalue weighted by Crippen LogP contribution is -2.14. The highest BCUT2D eigenvalue weighted by Gasteiger charge is 2.23. The Bertz CT molecular complexity index is 1520. The molecule has 0 saturated carbocycles. The van der Waals surface area contributed by atoms with Gasteiger partial charge in [0, 0.05) is 16.0 Å². The Kier molecular flexibility index (Phi) is 5.48. The van der Waals surface area contributed by atoms with Crippen molar-refractivity contribution in [2.24, 2.45) is 0 Å². The van der Waals surface area contributed by atoms with E-state index in [1.807, 2.05) is 53.1 Å². The second-order valence-corrected chi connectivity index (χ2v) is 10.8. The van der Waals surface area contributed by atoms with Crippen LogP contribution < -0.4 is 5.32 Å². The average Bonchev–Trinajstić information content (AvgIpc) is 3.43. The molecule has 6 nitrogen and oxygen atoms in total. The van der Waals surface area contributed by atoms with E-state index in [2.05, 4.69) is 15.5 Å². The van der Waals surface area contributed by atoms with Crippen molar-refractivity contribution in [1.82, 2.24) is 19.6 Å². The van der Waals surface area contributed by atoms with E-state index in [1.165, 1.54) is 35.0 Å². The van der Waals surface area contributed by atoms with Gasteiger partial charge in [0.2, 0.25) is 5.91 Å². The van der Waals surface area contributed by atoms with Crippen LogP contribution in [-0.2, 0) is 17.6 Å². The number of anilines is 1. The normalized spacial score (nSPS) is 13.6. The number of thiophene rings is 1. The molecule has 1 aliphatic rings. The summed E-state index contributed by atoms with van der Waals surface area (Å²) in [5, 5.41) is 16.9. The zero-order chi connectivity index (χ0) is 22.4. The van der Waals surface area contributed by atoms with Crippen LogP contribution in [0.4, 0.5) is 5.69 Å². The summed E-state index contributed by atoms with van der Waals surface area (Å²) in [7, 11) is 0. The Hall–Kier alpha value is -2.62. The first-order chi connectivity index (χ1) is 16.2. The number of fused-ring (bicyclic) bond motifs is 6. The molecule has 2 aromatic carbocycles. The highest BCUT2D eigenvalue weighted by atomic mass is 32.2. The van der Waals surface area contributed by atoms with Gasteiger partial charge in [0.05, 0.1) is 11.1 Å². The number of hydrogen-bond acceptors (Lipinski definition) is 7. The van der Waals surface area contributed by atoms with Gasteiger partial charge in [-0.15, -0.1) is 21.5 Å². The molecular weight excluding hydrogens is 470 g/mol. The van der Waals surface area contributed by atoms with E-state index in [-0.39, 0.29) is 11.7 Å². The maximum Gasteiger partial charge on any atom is 0.234 e. The summed E-state index contributed by atoms with van der Waals surface area (Å²) in [6, 6.07) is 14.0. The third-order valence-electron chi connectivity index (χ3n) is 5.98. The monoisotopic (exact) mass is 491 g/mol. The standard InChI is InChI=1S/C24H21N5OS3/c1-31-23-26-22-20(16-10-4-5-12-18(16)33-22)21-27-28-24(29(21)23)32-13-19(30)25-17-11-6-8-14-7-2-3-9-15(14)17/h2-3,6-9,11H,4-5,10,12-13H2,1H3,(H,25,30). The minimum Gasteiger partial charge on any atom is -0.325 e. The number of hydrogen-bond donors (Lipinski definition) is 1. The zero-order valence-electron chi connectivity index (χ0n) is 18.0. The third kappa shape index (κ3) is 3.68. The lowest BCUT2D eigenvalue weighted by molar-refractivity contribution is -0.113. The maximum atomic E-state index is 12.8. The summed E-state index contributed by atoms with van der Waals surface area (Å²) >= 11 is 4.77. The van der Waals surface area contributed by atoms with Crippen molar-refractivity contribution in [1.29, 1.82) is 0 Å². The summed E-state index contributed by atoms with van der Waals surface area (Å²) in [6.07, 6.45) is 6.67. The van der Waals surface area contributed by atoms with E-state index < -0.39 is 0 Å². The number of aryl methyl sites for hydroxylation is 2. The molecule has 0 spiro atoms. The number of rotatable bonds is 5. The highest BCUT2D eigenvalue weighted by molar-refractivity contribution is 8.00. The Morgan fingerprint density at radius 2 is 1.94 bits per heavy atom. The van der Waals surface area contributed by atoms with Gasteiger partial charge in [0.15, 0.2) is 16.0 Å². The van der Waals surface area contributed by atoms with Crippen molar-refractivity contribution >= 4 is 73.1 Å². The number of nitrogens with one attached hydrogen (secondary N) is 1. The Morgan fingerprint density at radius 1 is 1.09 bits per heavy atom. The molecule has 1 aliphatic carbocycles. The van der Waals surface area contributed by atoms with Gasteiger partial charge in [-0.1, -0.05) is 59.9 Å². The molecule has 0 fully saturated rings. The molecule has 0 bridgehead atoms. The summed E-state index contributed by atoms with van der Waals surface area (Å²) in [5.41, 5.74) is 3.08. The minimum atomic E-state index is -0.0687. The molecule has 9 heteroatoms. The number of amides is 1. The number of carbonyl (C=O) groups is 1. The lowest BCUT2D eigenvalue weighted by Gasteiger charge is -2.11. The van der Waals surface area contributed by atoms with Gasteiger partial charge in [0.1, 0.15) is 4.83 Å². The number of aromatic nitrogens is 4. The summed E-state index contributed by atoms with van der Waals surface area (Å²) in [5.74, 6) is 0.179. The molecule has 1 amide bonds. The van der Waals surface area contributed by atoms with Crippen LogP contribution in [0.3, 0.4) is 0 Å².